The number of hydrogen-bond acceptors (Lipinski definition) is 5. The van der Waals surface area contributed by atoms with Gasteiger partial charge >= 0.3 is 0 Å². The molecule has 1 amide bonds. The molecule has 0 aliphatic carbocycles. The lowest BCUT2D eigenvalue weighted by Gasteiger charge is -2.36. The number of fused-ring (bicyclic) bond motifs is 2. The molecule has 1 saturated heterocycles. The standard InChI is InChI=1S/C23H25N3O2S/c1-28-19-8-9-20-21(13-19)29-23(24-20)26-11-4-7-18(15-26)22(27)25-12-10-16-5-2-3-6-17(16)14-25/h2-3,5-6,8-9,13,18H,4,7,10-12,14-15H2,1H3. The van der Waals surface area contributed by atoms with E-state index in [-0.39, 0.29) is 5.92 Å². The Bertz CT molecular complexity index is 1050. The quantitative estimate of drug-likeness (QED) is 0.656. The molecule has 1 atom stereocenters. The van der Waals surface area contributed by atoms with E-state index in [2.05, 4.69) is 34.1 Å². The lowest BCUT2D eigenvalue weighted by Crippen LogP contribution is -2.46. The monoisotopic (exact) mass is 407 g/mol. The normalized spacial score (nSPS) is 19.3. The maximum atomic E-state index is 13.3. The molecule has 3 heterocycles. The largest absolute Gasteiger partial charge is 0.497 e. The van der Waals surface area contributed by atoms with Crippen LogP contribution in [0.2, 0.25) is 0 Å². The number of carbonyl (C=O) groups excluding carboxylic acids is 1. The molecule has 2 aromatic carbocycles. The minimum atomic E-state index is 0.0514. The molecular formula is C23H25N3O2S. The fraction of sp³-hybridized carbons (Fsp3) is 0.391. The molecule has 1 unspecified atom stereocenters. The van der Waals surface area contributed by atoms with Crippen LogP contribution in [0.5, 0.6) is 5.75 Å². The van der Waals surface area contributed by atoms with Gasteiger partial charge in [-0.25, -0.2) is 4.98 Å². The Hall–Kier alpha value is -2.60. The predicted octanol–water partition coefficient (Wildman–Crippen LogP) is 4.11. The van der Waals surface area contributed by atoms with Gasteiger partial charge in [0.25, 0.3) is 0 Å². The van der Waals surface area contributed by atoms with Gasteiger partial charge in [-0.1, -0.05) is 35.6 Å². The Morgan fingerprint density at radius 3 is 2.90 bits per heavy atom. The van der Waals surface area contributed by atoms with Crippen LogP contribution in [-0.4, -0.2) is 42.5 Å². The summed E-state index contributed by atoms with van der Waals surface area (Å²) < 4.78 is 6.46. The summed E-state index contributed by atoms with van der Waals surface area (Å²) in [6.07, 6.45) is 2.95. The summed E-state index contributed by atoms with van der Waals surface area (Å²) in [5, 5.41) is 1.01. The van der Waals surface area contributed by atoms with Crippen LogP contribution in [0.15, 0.2) is 42.5 Å². The van der Waals surface area contributed by atoms with Gasteiger partial charge < -0.3 is 14.5 Å². The molecule has 1 aromatic heterocycles. The first kappa shape index (κ1) is 18.4. The lowest BCUT2D eigenvalue weighted by atomic mass is 9.94. The molecule has 2 aliphatic heterocycles. The zero-order chi connectivity index (χ0) is 19.8. The van der Waals surface area contributed by atoms with Crippen LogP contribution in [0.25, 0.3) is 10.2 Å². The van der Waals surface area contributed by atoms with Crippen molar-refractivity contribution in [3.63, 3.8) is 0 Å². The van der Waals surface area contributed by atoms with Crippen LogP contribution >= 0.6 is 11.3 Å². The van der Waals surface area contributed by atoms with Gasteiger partial charge in [-0.3, -0.25) is 4.79 Å². The van der Waals surface area contributed by atoms with Crippen molar-refractivity contribution in [3.05, 3.63) is 53.6 Å². The highest BCUT2D eigenvalue weighted by molar-refractivity contribution is 7.22. The maximum absolute atomic E-state index is 13.3. The van der Waals surface area contributed by atoms with Crippen LogP contribution in [0, 0.1) is 5.92 Å². The summed E-state index contributed by atoms with van der Waals surface area (Å²) in [4.78, 5) is 22.4. The fourth-order valence-electron chi connectivity index (χ4n) is 4.45. The second-order valence-corrected chi connectivity index (χ2v) is 8.90. The number of nitrogens with zero attached hydrogens (tertiary/aromatic N) is 3. The van der Waals surface area contributed by atoms with Gasteiger partial charge in [0.2, 0.25) is 5.91 Å². The number of piperidine rings is 1. The third-order valence-electron chi connectivity index (χ3n) is 6.07. The smallest absolute Gasteiger partial charge is 0.227 e. The van der Waals surface area contributed by atoms with E-state index in [1.807, 2.05) is 18.2 Å². The van der Waals surface area contributed by atoms with Crippen LogP contribution < -0.4 is 9.64 Å². The van der Waals surface area contributed by atoms with Gasteiger partial charge in [0.1, 0.15) is 5.75 Å². The van der Waals surface area contributed by atoms with E-state index in [4.69, 9.17) is 9.72 Å². The number of thiazole rings is 1. The van der Waals surface area contributed by atoms with Crippen molar-refractivity contribution in [2.24, 2.45) is 5.92 Å². The first-order valence-corrected chi connectivity index (χ1v) is 11.1. The summed E-state index contributed by atoms with van der Waals surface area (Å²) in [6, 6.07) is 14.5. The minimum absolute atomic E-state index is 0.0514. The van der Waals surface area contributed by atoms with Crippen LogP contribution in [-0.2, 0) is 17.8 Å². The zero-order valence-electron chi connectivity index (χ0n) is 16.6. The highest BCUT2D eigenvalue weighted by Crippen LogP contribution is 2.34. The predicted molar refractivity (Wildman–Crippen MR) is 117 cm³/mol. The first-order valence-electron chi connectivity index (χ1n) is 10.3. The number of rotatable bonds is 3. The topological polar surface area (TPSA) is 45.7 Å². The Morgan fingerprint density at radius 2 is 2.03 bits per heavy atom. The number of benzene rings is 2. The van der Waals surface area contributed by atoms with E-state index in [0.29, 0.717) is 5.91 Å². The van der Waals surface area contributed by atoms with E-state index < -0.39 is 0 Å². The number of carbonyl (C=O) groups is 1. The van der Waals surface area contributed by atoms with Gasteiger partial charge in [0.15, 0.2) is 5.13 Å². The Balaban J connectivity index is 1.31. The second kappa shape index (κ2) is 7.67. The summed E-state index contributed by atoms with van der Waals surface area (Å²) in [7, 11) is 1.68. The van der Waals surface area contributed by atoms with Gasteiger partial charge in [0.05, 0.1) is 23.2 Å². The molecule has 0 radical (unpaired) electrons. The third-order valence-corrected chi connectivity index (χ3v) is 7.15. The molecular weight excluding hydrogens is 382 g/mol. The third kappa shape index (κ3) is 3.57. The first-order chi connectivity index (χ1) is 14.2. The number of anilines is 1. The molecule has 6 heteroatoms. The van der Waals surface area contributed by atoms with Gasteiger partial charge in [0, 0.05) is 26.2 Å². The van der Waals surface area contributed by atoms with Gasteiger partial charge in [-0.05, 0) is 48.6 Å². The van der Waals surface area contributed by atoms with Gasteiger partial charge in [-0.15, -0.1) is 0 Å². The average Bonchev–Trinajstić information content (AvgIpc) is 3.21. The summed E-state index contributed by atoms with van der Waals surface area (Å²) >= 11 is 1.68. The molecule has 150 valence electrons. The van der Waals surface area contributed by atoms with Gasteiger partial charge in [-0.2, -0.15) is 0 Å². The molecule has 5 nitrogen and oxygen atoms in total. The minimum Gasteiger partial charge on any atom is -0.497 e. The molecule has 5 rings (SSSR count). The summed E-state index contributed by atoms with van der Waals surface area (Å²) in [5.74, 6) is 1.20. The fourth-order valence-corrected chi connectivity index (χ4v) is 5.48. The van der Waals surface area contributed by atoms with Crippen molar-refractivity contribution in [1.82, 2.24) is 9.88 Å². The van der Waals surface area contributed by atoms with E-state index in [1.54, 1.807) is 18.4 Å². The number of methoxy groups -OCH3 is 1. The van der Waals surface area contributed by atoms with E-state index in [9.17, 15) is 4.79 Å². The highest BCUT2D eigenvalue weighted by atomic mass is 32.1. The van der Waals surface area contributed by atoms with E-state index >= 15 is 0 Å². The molecule has 0 bridgehead atoms. The molecule has 0 N–H and O–H groups in total. The molecule has 1 fully saturated rings. The SMILES string of the molecule is COc1ccc2nc(N3CCCC(C(=O)N4CCc5ccccc5C4)C3)sc2c1. The lowest BCUT2D eigenvalue weighted by molar-refractivity contribution is -0.136. The molecule has 2 aliphatic rings. The number of amides is 1. The Labute approximate surface area is 174 Å². The molecule has 0 saturated carbocycles. The van der Waals surface area contributed by atoms with Crippen LogP contribution in [0.1, 0.15) is 24.0 Å². The number of aromatic nitrogens is 1. The average molecular weight is 408 g/mol. The number of hydrogen-bond donors (Lipinski definition) is 0. The van der Waals surface area contributed by atoms with Crippen molar-refractivity contribution in [3.8, 4) is 5.75 Å². The van der Waals surface area contributed by atoms with E-state index in [1.165, 1.54) is 11.1 Å². The molecule has 3 aromatic rings. The second-order valence-electron chi connectivity index (χ2n) is 7.89. The molecule has 29 heavy (non-hydrogen) atoms. The Kier molecular flexibility index (Phi) is 4.87. The molecule has 0 spiro atoms. The summed E-state index contributed by atoms with van der Waals surface area (Å²) in [6.45, 7) is 3.29. The Morgan fingerprint density at radius 1 is 1.17 bits per heavy atom. The summed E-state index contributed by atoms with van der Waals surface area (Å²) in [5.41, 5.74) is 3.67. The van der Waals surface area contributed by atoms with Crippen molar-refractivity contribution < 1.29 is 9.53 Å². The van der Waals surface area contributed by atoms with Crippen molar-refractivity contribution in [2.75, 3.05) is 31.6 Å². The zero-order valence-corrected chi connectivity index (χ0v) is 17.5. The van der Waals surface area contributed by atoms with Crippen molar-refractivity contribution >= 4 is 32.6 Å². The highest BCUT2D eigenvalue weighted by Gasteiger charge is 2.31. The number of ether oxygens (including phenoxy) is 1. The van der Waals surface area contributed by atoms with Crippen molar-refractivity contribution in [2.45, 2.75) is 25.8 Å². The van der Waals surface area contributed by atoms with E-state index in [0.717, 1.165) is 66.5 Å². The van der Waals surface area contributed by atoms with Crippen LogP contribution in [0.4, 0.5) is 5.13 Å². The van der Waals surface area contributed by atoms with Crippen molar-refractivity contribution in [1.29, 1.82) is 0 Å². The maximum Gasteiger partial charge on any atom is 0.227 e. The van der Waals surface area contributed by atoms with Crippen LogP contribution in [0.3, 0.4) is 0 Å².